The molecule has 0 N–H and O–H groups in total. The molecule has 7 nitrogen and oxygen atoms in total. The van der Waals surface area contributed by atoms with Crippen LogP contribution in [0, 0.1) is 0 Å². The van der Waals surface area contributed by atoms with E-state index in [1.54, 1.807) is 16.9 Å². The first-order chi connectivity index (χ1) is 15.6. The Kier molecular flexibility index (Phi) is 7.07. The lowest BCUT2D eigenvalue weighted by Crippen LogP contribution is -2.51. The van der Waals surface area contributed by atoms with Crippen molar-refractivity contribution in [3.05, 3.63) is 66.2 Å². The van der Waals surface area contributed by atoms with E-state index in [2.05, 4.69) is 29.2 Å². The fourth-order valence-electron chi connectivity index (χ4n) is 4.08. The molecule has 0 spiro atoms. The number of benzene rings is 2. The van der Waals surface area contributed by atoms with E-state index in [4.69, 9.17) is 4.74 Å². The molecule has 2 aromatic carbocycles. The topological polar surface area (TPSA) is 56.3 Å². The predicted molar refractivity (Wildman–Crippen MR) is 126 cm³/mol. The van der Waals surface area contributed by atoms with Crippen LogP contribution in [0.1, 0.15) is 5.56 Å². The van der Waals surface area contributed by atoms with Crippen LogP contribution in [-0.2, 0) is 4.79 Å². The molecule has 4 rings (SSSR count). The highest BCUT2D eigenvalue weighted by molar-refractivity contribution is 5.96. The lowest BCUT2D eigenvalue weighted by molar-refractivity contribution is -0.133. The summed E-state index contributed by atoms with van der Waals surface area (Å²) in [6.45, 7) is 5.23. The van der Waals surface area contributed by atoms with Gasteiger partial charge in [0.25, 0.3) is 0 Å². The number of rotatable bonds is 7. The summed E-state index contributed by atoms with van der Waals surface area (Å²) in [5, 5.41) is 0. The zero-order valence-electron chi connectivity index (χ0n) is 18.5. The van der Waals surface area contributed by atoms with Crippen molar-refractivity contribution in [3.63, 3.8) is 0 Å². The van der Waals surface area contributed by atoms with Crippen molar-refractivity contribution in [3.8, 4) is 5.75 Å². The molecule has 7 heteroatoms. The van der Waals surface area contributed by atoms with Crippen molar-refractivity contribution in [2.24, 2.45) is 0 Å². The van der Waals surface area contributed by atoms with Gasteiger partial charge in [0.05, 0.1) is 7.11 Å². The SMILES string of the molecule is COc1ccc(N2CCN(CC(=O)N3CCN(C/C=C/c4ccccc4)CC3)C2=O)cc1. The van der Waals surface area contributed by atoms with Gasteiger partial charge in [-0.2, -0.15) is 0 Å². The van der Waals surface area contributed by atoms with E-state index < -0.39 is 0 Å². The summed E-state index contributed by atoms with van der Waals surface area (Å²) in [6, 6.07) is 17.5. The molecule has 3 amide bonds. The number of anilines is 1. The van der Waals surface area contributed by atoms with Crippen LogP contribution < -0.4 is 9.64 Å². The van der Waals surface area contributed by atoms with Gasteiger partial charge in [0, 0.05) is 51.5 Å². The molecule has 0 aromatic heterocycles. The fraction of sp³-hybridized carbons (Fsp3) is 0.360. The Bertz CT molecular complexity index is 937. The molecule has 0 bridgehead atoms. The number of hydrogen-bond acceptors (Lipinski definition) is 4. The first-order valence-electron chi connectivity index (χ1n) is 11.1. The van der Waals surface area contributed by atoms with E-state index in [1.807, 2.05) is 47.4 Å². The summed E-state index contributed by atoms with van der Waals surface area (Å²) >= 11 is 0. The van der Waals surface area contributed by atoms with Gasteiger partial charge in [0.2, 0.25) is 5.91 Å². The Balaban J connectivity index is 1.22. The lowest BCUT2D eigenvalue weighted by atomic mass is 10.2. The molecule has 2 heterocycles. The zero-order valence-corrected chi connectivity index (χ0v) is 18.5. The van der Waals surface area contributed by atoms with Crippen LogP contribution in [0.3, 0.4) is 0 Å². The molecule has 0 unspecified atom stereocenters. The monoisotopic (exact) mass is 434 g/mol. The minimum atomic E-state index is -0.117. The van der Waals surface area contributed by atoms with Crippen LogP contribution in [0.4, 0.5) is 10.5 Å². The molecular weight excluding hydrogens is 404 g/mol. The van der Waals surface area contributed by atoms with Gasteiger partial charge in [0.15, 0.2) is 0 Å². The maximum atomic E-state index is 12.8. The summed E-state index contributed by atoms with van der Waals surface area (Å²) in [4.78, 5) is 33.2. The molecule has 168 valence electrons. The zero-order chi connectivity index (χ0) is 22.3. The van der Waals surface area contributed by atoms with Crippen LogP contribution in [0.2, 0.25) is 0 Å². The number of ether oxygens (including phenoxy) is 1. The van der Waals surface area contributed by atoms with Gasteiger partial charge in [-0.1, -0.05) is 42.5 Å². The third kappa shape index (κ3) is 5.29. The van der Waals surface area contributed by atoms with Crippen LogP contribution >= 0.6 is 0 Å². The molecule has 2 fully saturated rings. The van der Waals surface area contributed by atoms with Crippen molar-refractivity contribution in [2.45, 2.75) is 0 Å². The van der Waals surface area contributed by atoms with Gasteiger partial charge < -0.3 is 14.5 Å². The van der Waals surface area contributed by atoms with E-state index in [-0.39, 0.29) is 18.5 Å². The highest BCUT2D eigenvalue weighted by atomic mass is 16.5. The molecule has 0 aliphatic carbocycles. The Morgan fingerprint density at radius 3 is 2.34 bits per heavy atom. The average molecular weight is 435 g/mol. The average Bonchev–Trinajstić information content (AvgIpc) is 3.20. The molecule has 2 aliphatic heterocycles. The highest BCUT2D eigenvalue weighted by Gasteiger charge is 2.32. The van der Waals surface area contributed by atoms with Crippen molar-refractivity contribution >= 4 is 23.7 Å². The number of carbonyl (C=O) groups excluding carboxylic acids is 2. The summed E-state index contributed by atoms with van der Waals surface area (Å²) in [5.41, 5.74) is 2.02. The molecular formula is C25H30N4O3. The van der Waals surface area contributed by atoms with E-state index in [0.29, 0.717) is 26.2 Å². The third-order valence-corrected chi connectivity index (χ3v) is 6.00. The minimum Gasteiger partial charge on any atom is -0.497 e. The van der Waals surface area contributed by atoms with Crippen molar-refractivity contribution in [1.82, 2.24) is 14.7 Å². The van der Waals surface area contributed by atoms with Gasteiger partial charge in [-0.05, 0) is 29.8 Å². The molecule has 32 heavy (non-hydrogen) atoms. The van der Waals surface area contributed by atoms with Crippen LogP contribution in [-0.4, -0.2) is 86.1 Å². The smallest absolute Gasteiger partial charge is 0.325 e. The second-order valence-electron chi connectivity index (χ2n) is 8.05. The minimum absolute atomic E-state index is 0.0226. The quantitative estimate of drug-likeness (QED) is 0.673. The molecule has 0 saturated carbocycles. The predicted octanol–water partition coefficient (Wildman–Crippen LogP) is 2.79. The van der Waals surface area contributed by atoms with Crippen LogP contribution in [0.5, 0.6) is 5.75 Å². The first kappa shape index (κ1) is 21.9. The van der Waals surface area contributed by atoms with E-state index in [9.17, 15) is 9.59 Å². The fourth-order valence-corrected chi connectivity index (χ4v) is 4.08. The number of methoxy groups -OCH3 is 1. The number of carbonyl (C=O) groups is 2. The molecule has 0 atom stereocenters. The van der Waals surface area contributed by atoms with Crippen LogP contribution in [0.25, 0.3) is 6.08 Å². The standard InChI is InChI=1S/C25H30N4O3/c1-32-23-11-9-22(10-12-23)29-19-18-28(25(29)31)20-24(30)27-16-14-26(15-17-27)13-5-8-21-6-3-2-4-7-21/h2-12H,13-20H2,1H3/b8-5+. The maximum absolute atomic E-state index is 12.8. The Labute approximate surface area is 189 Å². The molecule has 2 saturated heterocycles. The van der Waals surface area contributed by atoms with Crippen molar-refractivity contribution in [1.29, 1.82) is 0 Å². The number of amides is 3. The number of urea groups is 1. The summed E-state index contributed by atoms with van der Waals surface area (Å²) in [6.07, 6.45) is 4.30. The van der Waals surface area contributed by atoms with Crippen LogP contribution in [0.15, 0.2) is 60.7 Å². The van der Waals surface area contributed by atoms with Gasteiger partial charge in [-0.15, -0.1) is 0 Å². The first-order valence-corrected chi connectivity index (χ1v) is 11.1. The normalized spacial score (nSPS) is 17.4. The second-order valence-corrected chi connectivity index (χ2v) is 8.05. The van der Waals surface area contributed by atoms with Gasteiger partial charge in [-0.25, -0.2) is 4.79 Å². The number of nitrogens with zero attached hydrogens (tertiary/aromatic N) is 4. The summed E-state index contributed by atoms with van der Waals surface area (Å²) in [5.74, 6) is 0.775. The van der Waals surface area contributed by atoms with Gasteiger partial charge >= 0.3 is 6.03 Å². The van der Waals surface area contributed by atoms with Crippen molar-refractivity contribution in [2.75, 3.05) is 64.4 Å². The van der Waals surface area contributed by atoms with Gasteiger partial charge in [-0.3, -0.25) is 14.6 Å². The number of hydrogen-bond donors (Lipinski definition) is 0. The maximum Gasteiger partial charge on any atom is 0.325 e. The Morgan fingerprint density at radius 1 is 0.938 bits per heavy atom. The largest absolute Gasteiger partial charge is 0.497 e. The highest BCUT2D eigenvalue weighted by Crippen LogP contribution is 2.23. The summed E-state index contributed by atoms with van der Waals surface area (Å²) < 4.78 is 5.18. The van der Waals surface area contributed by atoms with Gasteiger partial charge in [0.1, 0.15) is 12.3 Å². The van der Waals surface area contributed by atoms with E-state index in [0.717, 1.165) is 31.1 Å². The molecule has 2 aliphatic rings. The summed E-state index contributed by atoms with van der Waals surface area (Å²) in [7, 11) is 1.62. The Morgan fingerprint density at radius 2 is 1.66 bits per heavy atom. The van der Waals surface area contributed by atoms with Crippen molar-refractivity contribution < 1.29 is 14.3 Å². The van der Waals surface area contributed by atoms with E-state index in [1.165, 1.54) is 5.56 Å². The number of piperazine rings is 1. The molecule has 0 radical (unpaired) electrons. The van der Waals surface area contributed by atoms with E-state index >= 15 is 0 Å². The second kappa shape index (κ2) is 10.3. The Hall–Kier alpha value is -3.32. The molecule has 2 aromatic rings. The third-order valence-electron chi connectivity index (χ3n) is 6.00. The lowest BCUT2D eigenvalue weighted by Gasteiger charge is -2.35.